The third-order valence-corrected chi connectivity index (χ3v) is 2.76. The van der Waals surface area contributed by atoms with Crippen LogP contribution in [0.5, 0.6) is 0 Å². The highest BCUT2D eigenvalue weighted by atomic mass is 32.2. The fraction of sp³-hybridized carbons (Fsp3) is 0.364. The molecule has 1 amide bonds. The number of halogens is 3. The van der Waals surface area contributed by atoms with Crippen molar-refractivity contribution < 1.29 is 18.0 Å². The Morgan fingerprint density at radius 3 is 2.18 bits per heavy atom. The standard InChI is InChI=1S/C11H12F3NOS/c1-7(2)17-9-5-3-8(4-6-9)15-10(16)11(12,13)14/h3-7H,1-2H3,(H,15,16). The zero-order chi connectivity index (χ0) is 13.1. The van der Waals surface area contributed by atoms with E-state index in [1.165, 1.54) is 12.1 Å². The summed E-state index contributed by atoms with van der Waals surface area (Å²) in [6, 6.07) is 6.26. The van der Waals surface area contributed by atoms with E-state index < -0.39 is 12.1 Å². The maximum atomic E-state index is 12.0. The first-order chi connectivity index (χ1) is 7.79. The molecule has 17 heavy (non-hydrogen) atoms. The van der Waals surface area contributed by atoms with Crippen LogP contribution in [0.4, 0.5) is 18.9 Å². The van der Waals surface area contributed by atoms with Gasteiger partial charge in [-0.1, -0.05) is 13.8 Å². The molecule has 1 aromatic carbocycles. The van der Waals surface area contributed by atoms with Crippen molar-refractivity contribution in [3.05, 3.63) is 24.3 Å². The Kier molecular flexibility index (Phi) is 4.45. The van der Waals surface area contributed by atoms with Crippen LogP contribution in [0.25, 0.3) is 0 Å². The van der Waals surface area contributed by atoms with Crippen LogP contribution < -0.4 is 5.32 Å². The van der Waals surface area contributed by atoms with Crippen molar-refractivity contribution in [3.8, 4) is 0 Å². The van der Waals surface area contributed by atoms with Crippen molar-refractivity contribution in [3.63, 3.8) is 0 Å². The largest absolute Gasteiger partial charge is 0.471 e. The summed E-state index contributed by atoms with van der Waals surface area (Å²) in [6.07, 6.45) is -4.86. The van der Waals surface area contributed by atoms with Gasteiger partial charge in [0.15, 0.2) is 0 Å². The van der Waals surface area contributed by atoms with Gasteiger partial charge in [0, 0.05) is 15.8 Å². The molecule has 0 bridgehead atoms. The monoisotopic (exact) mass is 263 g/mol. The number of rotatable bonds is 3. The molecule has 0 aliphatic heterocycles. The summed E-state index contributed by atoms with van der Waals surface area (Å²) in [5, 5.41) is 2.18. The molecule has 0 aliphatic rings. The number of anilines is 1. The number of hydrogen-bond donors (Lipinski definition) is 1. The topological polar surface area (TPSA) is 29.1 Å². The van der Waals surface area contributed by atoms with Crippen LogP contribution in [-0.2, 0) is 4.79 Å². The SMILES string of the molecule is CC(C)Sc1ccc(NC(=O)C(F)(F)F)cc1. The van der Waals surface area contributed by atoms with Crippen molar-refractivity contribution in [2.24, 2.45) is 0 Å². The zero-order valence-electron chi connectivity index (χ0n) is 9.34. The third-order valence-electron chi connectivity index (χ3n) is 1.74. The maximum Gasteiger partial charge on any atom is 0.471 e. The smallest absolute Gasteiger partial charge is 0.318 e. The van der Waals surface area contributed by atoms with E-state index in [0.29, 0.717) is 5.25 Å². The molecular weight excluding hydrogens is 251 g/mol. The van der Waals surface area contributed by atoms with Gasteiger partial charge < -0.3 is 5.32 Å². The summed E-state index contributed by atoms with van der Waals surface area (Å²) >= 11 is 1.60. The fourth-order valence-electron chi connectivity index (χ4n) is 1.09. The van der Waals surface area contributed by atoms with E-state index in [-0.39, 0.29) is 5.69 Å². The molecule has 0 saturated heterocycles. The van der Waals surface area contributed by atoms with Crippen LogP contribution in [0, 0.1) is 0 Å². The van der Waals surface area contributed by atoms with Gasteiger partial charge in [0.1, 0.15) is 0 Å². The van der Waals surface area contributed by atoms with Crippen LogP contribution in [0.1, 0.15) is 13.8 Å². The fourth-order valence-corrected chi connectivity index (χ4v) is 1.93. The Morgan fingerprint density at radius 2 is 1.76 bits per heavy atom. The van der Waals surface area contributed by atoms with Gasteiger partial charge >= 0.3 is 12.1 Å². The summed E-state index contributed by atoms with van der Waals surface area (Å²) in [5.74, 6) is -1.96. The number of hydrogen-bond acceptors (Lipinski definition) is 2. The second-order valence-electron chi connectivity index (χ2n) is 3.64. The van der Waals surface area contributed by atoms with E-state index >= 15 is 0 Å². The van der Waals surface area contributed by atoms with Gasteiger partial charge in [-0.05, 0) is 24.3 Å². The molecule has 1 rings (SSSR count). The molecule has 0 unspecified atom stereocenters. The molecule has 2 nitrogen and oxygen atoms in total. The second-order valence-corrected chi connectivity index (χ2v) is 5.29. The number of nitrogens with one attached hydrogen (secondary N) is 1. The maximum absolute atomic E-state index is 12.0. The normalized spacial score (nSPS) is 11.6. The minimum absolute atomic E-state index is 0.139. The molecule has 94 valence electrons. The Hall–Kier alpha value is -1.17. The average Bonchev–Trinajstić information content (AvgIpc) is 2.18. The molecule has 0 atom stereocenters. The van der Waals surface area contributed by atoms with Gasteiger partial charge in [-0.2, -0.15) is 13.2 Å². The van der Waals surface area contributed by atoms with Gasteiger partial charge in [0.25, 0.3) is 0 Å². The van der Waals surface area contributed by atoms with Crippen LogP contribution in [-0.4, -0.2) is 17.3 Å². The van der Waals surface area contributed by atoms with Crippen molar-refractivity contribution in [1.82, 2.24) is 0 Å². The molecule has 6 heteroatoms. The number of alkyl halides is 3. The van der Waals surface area contributed by atoms with E-state index in [4.69, 9.17) is 0 Å². The summed E-state index contributed by atoms with van der Waals surface area (Å²) in [4.78, 5) is 11.6. The van der Waals surface area contributed by atoms with Gasteiger partial charge in [-0.15, -0.1) is 11.8 Å². The molecular formula is C11H12F3NOS. The van der Waals surface area contributed by atoms with Crippen molar-refractivity contribution in [1.29, 1.82) is 0 Å². The molecule has 0 spiro atoms. The van der Waals surface area contributed by atoms with E-state index in [0.717, 1.165) is 4.90 Å². The van der Waals surface area contributed by atoms with E-state index in [9.17, 15) is 18.0 Å². The Balaban J connectivity index is 2.66. The van der Waals surface area contributed by atoms with Crippen molar-refractivity contribution in [2.45, 2.75) is 30.2 Å². The predicted octanol–water partition coefficient (Wildman–Crippen LogP) is 3.69. The molecule has 0 saturated carbocycles. The molecule has 0 fully saturated rings. The first kappa shape index (κ1) is 13.9. The van der Waals surface area contributed by atoms with E-state index in [2.05, 4.69) is 0 Å². The summed E-state index contributed by atoms with van der Waals surface area (Å²) in [5.41, 5.74) is 0.139. The first-order valence-corrected chi connectivity index (χ1v) is 5.82. The van der Waals surface area contributed by atoms with E-state index in [1.807, 2.05) is 13.8 Å². The average molecular weight is 263 g/mol. The van der Waals surface area contributed by atoms with Gasteiger partial charge in [0.05, 0.1) is 0 Å². The Labute approximate surface area is 102 Å². The lowest BCUT2D eigenvalue weighted by Crippen LogP contribution is -2.29. The van der Waals surface area contributed by atoms with Crippen LogP contribution >= 0.6 is 11.8 Å². The number of amides is 1. The van der Waals surface area contributed by atoms with Gasteiger partial charge in [0.2, 0.25) is 0 Å². The van der Waals surface area contributed by atoms with Gasteiger partial charge in [-0.25, -0.2) is 0 Å². The predicted molar refractivity (Wildman–Crippen MR) is 62.1 cm³/mol. The Morgan fingerprint density at radius 1 is 1.24 bits per heavy atom. The molecule has 0 aliphatic carbocycles. The molecule has 0 heterocycles. The lowest BCUT2D eigenvalue weighted by molar-refractivity contribution is -0.167. The quantitative estimate of drug-likeness (QED) is 0.843. The Bertz CT molecular complexity index is 387. The lowest BCUT2D eigenvalue weighted by Gasteiger charge is -2.09. The van der Waals surface area contributed by atoms with Crippen LogP contribution in [0.15, 0.2) is 29.2 Å². The number of thioether (sulfide) groups is 1. The number of carbonyl (C=O) groups excluding carboxylic acids is 1. The van der Waals surface area contributed by atoms with E-state index in [1.54, 1.807) is 29.2 Å². The highest BCUT2D eigenvalue weighted by molar-refractivity contribution is 7.99. The first-order valence-electron chi connectivity index (χ1n) is 4.94. The van der Waals surface area contributed by atoms with Crippen molar-refractivity contribution in [2.75, 3.05) is 5.32 Å². The number of carbonyl (C=O) groups is 1. The summed E-state index contributed by atoms with van der Waals surface area (Å²) in [6.45, 7) is 4.04. The minimum atomic E-state index is -4.86. The molecule has 0 radical (unpaired) electrons. The second kappa shape index (κ2) is 5.44. The molecule has 0 aromatic heterocycles. The molecule has 1 N–H and O–H groups in total. The summed E-state index contributed by atoms with van der Waals surface area (Å²) < 4.78 is 35.9. The lowest BCUT2D eigenvalue weighted by atomic mass is 10.3. The molecule has 1 aromatic rings. The third kappa shape index (κ3) is 4.68. The minimum Gasteiger partial charge on any atom is -0.318 e. The van der Waals surface area contributed by atoms with Crippen LogP contribution in [0.2, 0.25) is 0 Å². The van der Waals surface area contributed by atoms with Crippen molar-refractivity contribution >= 4 is 23.4 Å². The highest BCUT2D eigenvalue weighted by Crippen LogP contribution is 2.25. The zero-order valence-corrected chi connectivity index (χ0v) is 10.2. The number of benzene rings is 1. The summed E-state index contributed by atoms with van der Waals surface area (Å²) in [7, 11) is 0. The van der Waals surface area contributed by atoms with Gasteiger partial charge in [-0.3, -0.25) is 4.79 Å². The highest BCUT2D eigenvalue weighted by Gasteiger charge is 2.38. The van der Waals surface area contributed by atoms with Crippen LogP contribution in [0.3, 0.4) is 0 Å².